The maximum Gasteiger partial charge on any atom is 0.0346 e. The van der Waals surface area contributed by atoms with Crippen LogP contribution in [0.15, 0.2) is 31.6 Å². The highest BCUT2D eigenvalue weighted by atomic mass is 14.6. The SMILES string of the molecule is C=Cc1cnccc1C(=C)C(C)CC. The number of hydrogen-bond donors (Lipinski definition) is 0. The van der Waals surface area contributed by atoms with E-state index >= 15 is 0 Å². The van der Waals surface area contributed by atoms with Crippen LogP contribution in [0.25, 0.3) is 11.6 Å². The largest absolute Gasteiger partial charge is 0.264 e. The third-order valence-corrected chi connectivity index (χ3v) is 2.62. The van der Waals surface area contributed by atoms with Crippen molar-refractivity contribution in [3.05, 3.63) is 42.7 Å². The fraction of sp³-hybridized carbons (Fsp3) is 0.308. The zero-order valence-electron chi connectivity index (χ0n) is 8.96. The van der Waals surface area contributed by atoms with Crippen molar-refractivity contribution in [2.75, 3.05) is 0 Å². The Balaban J connectivity index is 3.05. The van der Waals surface area contributed by atoms with E-state index in [1.165, 1.54) is 11.1 Å². The van der Waals surface area contributed by atoms with Crippen molar-refractivity contribution in [3.63, 3.8) is 0 Å². The Morgan fingerprint density at radius 3 is 2.93 bits per heavy atom. The van der Waals surface area contributed by atoms with E-state index in [1.807, 2.05) is 18.3 Å². The number of pyridine rings is 1. The molecule has 1 aromatic rings. The molecule has 1 heteroatoms. The maximum atomic E-state index is 4.13. The summed E-state index contributed by atoms with van der Waals surface area (Å²) in [6.45, 7) is 12.3. The third kappa shape index (κ3) is 2.11. The van der Waals surface area contributed by atoms with Gasteiger partial charge in [-0.2, -0.15) is 0 Å². The zero-order chi connectivity index (χ0) is 10.6. The molecule has 0 aromatic carbocycles. The summed E-state index contributed by atoms with van der Waals surface area (Å²) in [6.07, 6.45) is 6.57. The van der Waals surface area contributed by atoms with Gasteiger partial charge in [-0.25, -0.2) is 0 Å². The molecule has 0 N–H and O–H groups in total. The number of aromatic nitrogens is 1. The molecule has 1 nitrogen and oxygen atoms in total. The molecule has 1 aromatic heterocycles. The van der Waals surface area contributed by atoms with Gasteiger partial charge in [0.25, 0.3) is 0 Å². The van der Waals surface area contributed by atoms with Crippen LogP contribution >= 0.6 is 0 Å². The summed E-state index contributed by atoms with van der Waals surface area (Å²) >= 11 is 0. The van der Waals surface area contributed by atoms with Crippen molar-refractivity contribution < 1.29 is 0 Å². The first-order valence-corrected chi connectivity index (χ1v) is 4.96. The Morgan fingerprint density at radius 2 is 2.36 bits per heavy atom. The van der Waals surface area contributed by atoms with Gasteiger partial charge in [0.05, 0.1) is 0 Å². The molecule has 0 amide bonds. The second-order valence-electron chi connectivity index (χ2n) is 3.50. The van der Waals surface area contributed by atoms with Gasteiger partial charge >= 0.3 is 0 Å². The average molecular weight is 187 g/mol. The van der Waals surface area contributed by atoms with E-state index in [2.05, 4.69) is 32.0 Å². The lowest BCUT2D eigenvalue weighted by Gasteiger charge is -2.14. The Kier molecular flexibility index (Phi) is 3.63. The highest BCUT2D eigenvalue weighted by Gasteiger charge is 2.09. The van der Waals surface area contributed by atoms with Gasteiger partial charge < -0.3 is 0 Å². The lowest BCUT2D eigenvalue weighted by atomic mass is 9.91. The van der Waals surface area contributed by atoms with Gasteiger partial charge in [0.2, 0.25) is 0 Å². The van der Waals surface area contributed by atoms with Gasteiger partial charge in [-0.3, -0.25) is 4.98 Å². The monoisotopic (exact) mass is 187 g/mol. The molecule has 0 saturated carbocycles. The summed E-state index contributed by atoms with van der Waals surface area (Å²) in [4.78, 5) is 4.07. The summed E-state index contributed by atoms with van der Waals surface area (Å²) < 4.78 is 0. The van der Waals surface area contributed by atoms with E-state index in [4.69, 9.17) is 0 Å². The Bertz CT molecular complexity index is 339. The highest BCUT2D eigenvalue weighted by Crippen LogP contribution is 2.26. The van der Waals surface area contributed by atoms with E-state index < -0.39 is 0 Å². The Hall–Kier alpha value is -1.37. The average Bonchev–Trinajstić information content (AvgIpc) is 2.26. The minimum Gasteiger partial charge on any atom is -0.264 e. The van der Waals surface area contributed by atoms with Crippen molar-refractivity contribution in [1.82, 2.24) is 4.98 Å². The highest BCUT2D eigenvalue weighted by molar-refractivity contribution is 5.72. The van der Waals surface area contributed by atoms with Crippen molar-refractivity contribution in [3.8, 4) is 0 Å². The molecule has 74 valence electrons. The van der Waals surface area contributed by atoms with Crippen LogP contribution in [0.3, 0.4) is 0 Å². The number of nitrogens with zero attached hydrogens (tertiary/aromatic N) is 1. The lowest BCUT2D eigenvalue weighted by molar-refractivity contribution is 0.719. The molecular weight excluding hydrogens is 170 g/mol. The number of hydrogen-bond acceptors (Lipinski definition) is 1. The minimum atomic E-state index is 0.510. The first-order chi connectivity index (χ1) is 6.70. The second-order valence-corrected chi connectivity index (χ2v) is 3.50. The molecule has 0 aliphatic carbocycles. The predicted octanol–water partition coefficient (Wildman–Crippen LogP) is 3.78. The van der Waals surface area contributed by atoms with Crippen molar-refractivity contribution in [2.45, 2.75) is 20.3 Å². The summed E-state index contributed by atoms with van der Waals surface area (Å²) in [5.74, 6) is 0.510. The molecule has 0 saturated heterocycles. The minimum absolute atomic E-state index is 0.510. The second kappa shape index (κ2) is 4.75. The van der Waals surface area contributed by atoms with Crippen molar-refractivity contribution in [1.29, 1.82) is 0 Å². The van der Waals surface area contributed by atoms with E-state index in [0.717, 1.165) is 12.0 Å². The zero-order valence-corrected chi connectivity index (χ0v) is 8.96. The summed E-state index contributed by atoms with van der Waals surface area (Å²) in [6, 6.07) is 2.01. The van der Waals surface area contributed by atoms with Crippen LogP contribution in [0.2, 0.25) is 0 Å². The summed E-state index contributed by atoms with van der Waals surface area (Å²) in [5.41, 5.74) is 3.41. The third-order valence-electron chi connectivity index (χ3n) is 2.62. The van der Waals surface area contributed by atoms with Crippen LogP contribution in [-0.4, -0.2) is 4.98 Å². The first-order valence-electron chi connectivity index (χ1n) is 4.96. The van der Waals surface area contributed by atoms with E-state index in [9.17, 15) is 0 Å². The predicted molar refractivity (Wildman–Crippen MR) is 62.8 cm³/mol. The normalized spacial score (nSPS) is 12.1. The first kappa shape index (κ1) is 10.7. The van der Waals surface area contributed by atoms with Gasteiger partial charge in [-0.15, -0.1) is 0 Å². The fourth-order valence-electron chi connectivity index (χ4n) is 1.37. The molecule has 1 heterocycles. The topological polar surface area (TPSA) is 12.9 Å². The molecule has 0 radical (unpaired) electrons. The van der Waals surface area contributed by atoms with Crippen molar-refractivity contribution in [2.24, 2.45) is 5.92 Å². The number of rotatable bonds is 4. The smallest absolute Gasteiger partial charge is 0.0346 e. The lowest BCUT2D eigenvalue weighted by Crippen LogP contribution is -1.98. The molecule has 0 aliphatic rings. The van der Waals surface area contributed by atoms with Crippen molar-refractivity contribution >= 4 is 11.6 Å². The number of allylic oxidation sites excluding steroid dienone is 1. The van der Waals surface area contributed by atoms with Gasteiger partial charge in [0, 0.05) is 12.4 Å². The molecule has 0 aliphatic heterocycles. The summed E-state index contributed by atoms with van der Waals surface area (Å²) in [5, 5.41) is 0. The molecule has 0 fully saturated rings. The molecule has 0 bridgehead atoms. The van der Waals surface area contributed by atoms with E-state index in [-0.39, 0.29) is 0 Å². The quantitative estimate of drug-likeness (QED) is 0.699. The fourth-order valence-corrected chi connectivity index (χ4v) is 1.37. The van der Waals surface area contributed by atoms with Crippen LogP contribution in [0.5, 0.6) is 0 Å². The van der Waals surface area contributed by atoms with E-state index in [0.29, 0.717) is 5.92 Å². The van der Waals surface area contributed by atoms with Gasteiger partial charge in [0.15, 0.2) is 0 Å². The van der Waals surface area contributed by atoms with Crippen LogP contribution in [0.1, 0.15) is 31.4 Å². The molecular formula is C13H17N. The van der Waals surface area contributed by atoms with Crippen LogP contribution < -0.4 is 0 Å². The molecule has 1 atom stereocenters. The molecule has 14 heavy (non-hydrogen) atoms. The van der Waals surface area contributed by atoms with Gasteiger partial charge in [0.1, 0.15) is 0 Å². The Morgan fingerprint density at radius 1 is 1.64 bits per heavy atom. The summed E-state index contributed by atoms with van der Waals surface area (Å²) in [7, 11) is 0. The molecule has 1 rings (SSSR count). The van der Waals surface area contributed by atoms with Gasteiger partial charge in [-0.05, 0) is 35.1 Å². The molecule has 0 spiro atoms. The Labute approximate surface area is 86.2 Å². The van der Waals surface area contributed by atoms with Gasteiger partial charge in [-0.1, -0.05) is 33.1 Å². The standard InChI is InChI=1S/C13H17N/c1-5-10(3)11(4)13-7-8-14-9-12(13)6-2/h6-10H,2,4-5H2,1,3H3. The molecule has 1 unspecified atom stereocenters. The van der Waals surface area contributed by atoms with Crippen LogP contribution in [-0.2, 0) is 0 Å². The van der Waals surface area contributed by atoms with E-state index in [1.54, 1.807) is 6.20 Å². The van der Waals surface area contributed by atoms with Crippen LogP contribution in [0.4, 0.5) is 0 Å². The van der Waals surface area contributed by atoms with Crippen LogP contribution in [0, 0.1) is 5.92 Å². The maximum absolute atomic E-state index is 4.13.